The van der Waals surface area contributed by atoms with E-state index in [0.717, 1.165) is 21.9 Å². The molecule has 4 aromatic rings. The monoisotopic (exact) mass is 450 g/mol. The summed E-state index contributed by atoms with van der Waals surface area (Å²) in [4.78, 5) is 25.5. The molecule has 1 aliphatic heterocycles. The van der Waals surface area contributed by atoms with Crippen LogP contribution in [0.15, 0.2) is 103 Å². The van der Waals surface area contributed by atoms with Crippen LogP contribution in [0.1, 0.15) is 29.2 Å². The van der Waals surface area contributed by atoms with Crippen LogP contribution >= 0.6 is 0 Å². The summed E-state index contributed by atoms with van der Waals surface area (Å²) in [7, 11) is 0. The van der Waals surface area contributed by atoms with Crippen molar-refractivity contribution in [1.29, 1.82) is 0 Å². The summed E-state index contributed by atoms with van der Waals surface area (Å²) in [6, 6.07) is 30.5. The van der Waals surface area contributed by atoms with Gasteiger partial charge in [0.2, 0.25) is 0 Å². The molecular formula is C29H22O5. The average Bonchev–Trinajstić information content (AvgIpc) is 2.88. The Morgan fingerprint density at radius 1 is 0.765 bits per heavy atom. The lowest BCUT2D eigenvalue weighted by Gasteiger charge is -2.21. The minimum absolute atomic E-state index is 0.280. The van der Waals surface area contributed by atoms with E-state index in [1.807, 2.05) is 97.1 Å². The van der Waals surface area contributed by atoms with Gasteiger partial charge in [-0.15, -0.1) is 0 Å². The smallest absolute Gasteiger partial charge is 0.322 e. The third kappa shape index (κ3) is 4.55. The predicted octanol–water partition coefficient (Wildman–Crippen LogP) is 5.84. The Bertz CT molecular complexity index is 1320. The van der Waals surface area contributed by atoms with E-state index in [1.165, 1.54) is 0 Å². The molecule has 0 radical (unpaired) electrons. The Labute approximate surface area is 197 Å². The maximum absolute atomic E-state index is 12.7. The SMILES string of the molecule is O=C(CC(=O)OC(c1ccccc1)c1ccccc1)OC1=CCOc2ccc3ccccc3c21. The fourth-order valence-corrected chi connectivity index (χ4v) is 4.06. The lowest BCUT2D eigenvalue weighted by Crippen LogP contribution is -2.18. The summed E-state index contributed by atoms with van der Waals surface area (Å²) in [5, 5.41) is 1.91. The fourth-order valence-electron chi connectivity index (χ4n) is 4.06. The van der Waals surface area contributed by atoms with E-state index in [2.05, 4.69) is 0 Å². The molecule has 0 unspecified atom stereocenters. The molecule has 0 aliphatic carbocycles. The molecule has 0 atom stereocenters. The quantitative estimate of drug-likeness (QED) is 0.273. The molecule has 168 valence electrons. The number of carbonyl (C=O) groups is 2. The molecule has 0 N–H and O–H groups in total. The van der Waals surface area contributed by atoms with Crippen LogP contribution < -0.4 is 4.74 Å². The fraction of sp³-hybridized carbons (Fsp3) is 0.103. The first-order chi connectivity index (χ1) is 16.7. The van der Waals surface area contributed by atoms with E-state index in [0.29, 0.717) is 17.1 Å². The number of ether oxygens (including phenoxy) is 3. The van der Waals surface area contributed by atoms with Gasteiger partial charge in [0.05, 0.1) is 5.56 Å². The molecule has 0 saturated heterocycles. The number of fused-ring (bicyclic) bond motifs is 3. The Morgan fingerprint density at radius 2 is 1.41 bits per heavy atom. The van der Waals surface area contributed by atoms with E-state index in [-0.39, 0.29) is 6.61 Å². The van der Waals surface area contributed by atoms with Gasteiger partial charge in [0, 0.05) is 0 Å². The number of rotatable bonds is 6. The highest BCUT2D eigenvalue weighted by molar-refractivity contribution is 5.99. The van der Waals surface area contributed by atoms with Crippen molar-refractivity contribution in [2.75, 3.05) is 6.61 Å². The normalized spacial score (nSPS) is 12.4. The lowest BCUT2D eigenvalue weighted by molar-refractivity contribution is -0.153. The number of hydrogen-bond acceptors (Lipinski definition) is 5. The highest BCUT2D eigenvalue weighted by Gasteiger charge is 2.24. The second kappa shape index (κ2) is 9.63. The minimum Gasteiger partial charge on any atom is -0.489 e. The number of hydrogen-bond donors (Lipinski definition) is 0. The first kappa shape index (κ1) is 21.5. The lowest BCUT2D eigenvalue weighted by atomic mass is 10.0. The van der Waals surface area contributed by atoms with Gasteiger partial charge in [0.25, 0.3) is 0 Å². The van der Waals surface area contributed by atoms with Crippen LogP contribution in [0, 0.1) is 0 Å². The molecule has 34 heavy (non-hydrogen) atoms. The van der Waals surface area contributed by atoms with E-state index < -0.39 is 24.5 Å². The van der Waals surface area contributed by atoms with Crippen molar-refractivity contribution in [3.05, 3.63) is 120 Å². The van der Waals surface area contributed by atoms with Gasteiger partial charge in [-0.25, -0.2) is 0 Å². The molecule has 0 bridgehead atoms. The van der Waals surface area contributed by atoms with Gasteiger partial charge in [-0.2, -0.15) is 0 Å². The molecule has 0 saturated carbocycles. The average molecular weight is 450 g/mol. The van der Waals surface area contributed by atoms with Crippen molar-refractivity contribution in [3.8, 4) is 5.75 Å². The third-order valence-corrected chi connectivity index (χ3v) is 5.61. The summed E-state index contributed by atoms with van der Waals surface area (Å²) in [6.07, 6.45) is 0.582. The Morgan fingerprint density at radius 3 is 2.12 bits per heavy atom. The van der Waals surface area contributed by atoms with Crippen LogP contribution in [0.5, 0.6) is 5.75 Å². The van der Waals surface area contributed by atoms with Crippen molar-refractivity contribution < 1.29 is 23.8 Å². The molecule has 4 aromatic carbocycles. The first-order valence-corrected chi connectivity index (χ1v) is 11.0. The van der Waals surface area contributed by atoms with Crippen molar-refractivity contribution >= 4 is 28.5 Å². The van der Waals surface area contributed by atoms with Crippen molar-refractivity contribution in [2.45, 2.75) is 12.5 Å². The van der Waals surface area contributed by atoms with Gasteiger partial charge in [0.1, 0.15) is 24.5 Å². The molecule has 0 aromatic heterocycles. The molecule has 5 heteroatoms. The summed E-state index contributed by atoms with van der Waals surface area (Å²) < 4.78 is 17.1. The van der Waals surface area contributed by atoms with Gasteiger partial charge in [-0.1, -0.05) is 91.0 Å². The zero-order valence-corrected chi connectivity index (χ0v) is 18.3. The molecule has 5 nitrogen and oxygen atoms in total. The second-order valence-corrected chi connectivity index (χ2v) is 7.88. The zero-order valence-electron chi connectivity index (χ0n) is 18.3. The first-order valence-electron chi connectivity index (χ1n) is 11.0. The van der Waals surface area contributed by atoms with Gasteiger partial charge >= 0.3 is 11.9 Å². The van der Waals surface area contributed by atoms with Crippen molar-refractivity contribution in [1.82, 2.24) is 0 Å². The zero-order chi connectivity index (χ0) is 23.3. The number of esters is 2. The second-order valence-electron chi connectivity index (χ2n) is 7.88. The van der Waals surface area contributed by atoms with Gasteiger partial charge in [-0.3, -0.25) is 9.59 Å². The molecule has 0 spiro atoms. The van der Waals surface area contributed by atoms with Crippen LogP contribution in [-0.2, 0) is 19.1 Å². The van der Waals surface area contributed by atoms with Crippen LogP contribution in [0.4, 0.5) is 0 Å². The van der Waals surface area contributed by atoms with E-state index in [9.17, 15) is 9.59 Å². The Kier molecular flexibility index (Phi) is 6.08. The molecule has 1 heterocycles. The van der Waals surface area contributed by atoms with Crippen LogP contribution in [0.2, 0.25) is 0 Å². The number of carbonyl (C=O) groups excluding carboxylic acids is 2. The highest BCUT2D eigenvalue weighted by atomic mass is 16.6. The van der Waals surface area contributed by atoms with Crippen LogP contribution in [-0.4, -0.2) is 18.5 Å². The standard InChI is InChI=1S/C29H22O5/c30-26(33-25-17-18-32-24-16-15-20-9-7-8-14-23(20)28(24)25)19-27(31)34-29(21-10-3-1-4-11-21)22-12-5-2-6-13-22/h1-17,29H,18-19H2. The molecule has 1 aliphatic rings. The van der Waals surface area contributed by atoms with Crippen molar-refractivity contribution in [2.24, 2.45) is 0 Å². The van der Waals surface area contributed by atoms with E-state index in [4.69, 9.17) is 14.2 Å². The number of benzene rings is 4. The summed E-state index contributed by atoms with van der Waals surface area (Å²) in [5.41, 5.74) is 2.35. The summed E-state index contributed by atoms with van der Waals surface area (Å²) >= 11 is 0. The largest absolute Gasteiger partial charge is 0.489 e. The molecule has 0 fully saturated rings. The van der Waals surface area contributed by atoms with E-state index in [1.54, 1.807) is 6.08 Å². The predicted molar refractivity (Wildman–Crippen MR) is 129 cm³/mol. The maximum atomic E-state index is 12.7. The van der Waals surface area contributed by atoms with Gasteiger partial charge < -0.3 is 14.2 Å². The molecular weight excluding hydrogens is 428 g/mol. The highest BCUT2D eigenvalue weighted by Crippen LogP contribution is 2.37. The van der Waals surface area contributed by atoms with E-state index >= 15 is 0 Å². The van der Waals surface area contributed by atoms with Gasteiger partial charge in [0.15, 0.2) is 6.10 Å². The Balaban J connectivity index is 1.32. The van der Waals surface area contributed by atoms with Gasteiger partial charge in [-0.05, 0) is 34.0 Å². The molecule has 5 rings (SSSR count). The molecule has 0 amide bonds. The summed E-state index contributed by atoms with van der Waals surface area (Å²) in [5.74, 6) is -0.316. The Hall–Kier alpha value is -4.38. The maximum Gasteiger partial charge on any atom is 0.322 e. The minimum atomic E-state index is -0.683. The topological polar surface area (TPSA) is 61.8 Å². The third-order valence-electron chi connectivity index (χ3n) is 5.61. The van der Waals surface area contributed by atoms with Crippen LogP contribution in [0.3, 0.4) is 0 Å². The summed E-state index contributed by atoms with van der Waals surface area (Å²) in [6.45, 7) is 0.280. The van der Waals surface area contributed by atoms with Crippen molar-refractivity contribution in [3.63, 3.8) is 0 Å². The van der Waals surface area contributed by atoms with Crippen LogP contribution in [0.25, 0.3) is 16.5 Å².